The van der Waals surface area contributed by atoms with Gasteiger partial charge in [0.25, 0.3) is 0 Å². The Morgan fingerprint density at radius 3 is 2.75 bits per heavy atom. The fourth-order valence-corrected chi connectivity index (χ4v) is 4.40. The van der Waals surface area contributed by atoms with Gasteiger partial charge in [-0.05, 0) is 62.8 Å². The molecule has 0 unspecified atom stereocenters. The summed E-state index contributed by atoms with van der Waals surface area (Å²) in [6.45, 7) is 6.40. The number of aliphatic hydroxyl groups is 1. The molecule has 0 aromatic heterocycles. The van der Waals surface area contributed by atoms with E-state index >= 15 is 0 Å². The highest BCUT2D eigenvalue weighted by molar-refractivity contribution is 5.70. The Morgan fingerprint density at radius 1 is 1.14 bits per heavy atom. The second-order valence-electron chi connectivity index (χ2n) is 8.23. The Kier molecular flexibility index (Phi) is 3.68. The highest BCUT2D eigenvalue weighted by Gasteiger charge is 2.44. The van der Waals surface area contributed by atoms with E-state index in [1.807, 2.05) is 57.2 Å². The van der Waals surface area contributed by atoms with Crippen molar-refractivity contribution in [2.24, 2.45) is 0 Å². The van der Waals surface area contributed by atoms with Gasteiger partial charge in [-0.25, -0.2) is 0 Å². The molecule has 28 heavy (non-hydrogen) atoms. The lowest BCUT2D eigenvalue weighted by Crippen LogP contribution is -2.42. The Labute approximate surface area is 164 Å². The van der Waals surface area contributed by atoms with Crippen molar-refractivity contribution >= 4 is 6.08 Å². The van der Waals surface area contributed by atoms with Crippen LogP contribution in [0, 0.1) is 6.92 Å². The Morgan fingerprint density at radius 2 is 1.96 bits per heavy atom. The third kappa shape index (κ3) is 2.49. The summed E-state index contributed by atoms with van der Waals surface area (Å²) >= 11 is 0. The maximum Gasteiger partial charge on any atom is 0.142 e. The van der Waals surface area contributed by atoms with E-state index in [0.717, 1.165) is 39.5 Å². The molecule has 5 rings (SSSR count). The van der Waals surface area contributed by atoms with Gasteiger partial charge in [0, 0.05) is 11.1 Å². The summed E-state index contributed by atoms with van der Waals surface area (Å²) in [4.78, 5) is 0. The average molecular weight is 380 g/mol. The lowest BCUT2D eigenvalue weighted by molar-refractivity contribution is 0.000808. The molecular weight excluding hydrogens is 356 g/mol. The standard InChI is InChI=1S/C23H24O5/c1-12-9-18-15(10-17(12)25-4)20-19(11-26-18)27-22-13-7-8-23(2,3)28-16(13)6-5-14(22)21(20)24/h5-10,19-21,24H,11H2,1-4H3/t19-,20+,21-/m1/s1. The van der Waals surface area contributed by atoms with Crippen molar-refractivity contribution in [2.45, 2.75) is 44.5 Å². The van der Waals surface area contributed by atoms with Crippen LogP contribution in [0.5, 0.6) is 23.0 Å². The van der Waals surface area contributed by atoms with Gasteiger partial charge < -0.3 is 24.1 Å². The van der Waals surface area contributed by atoms with Crippen LogP contribution in [-0.4, -0.2) is 30.5 Å². The molecule has 0 saturated heterocycles. The number of ether oxygens (including phenoxy) is 4. The number of rotatable bonds is 1. The third-order valence-electron chi connectivity index (χ3n) is 5.83. The first-order valence-electron chi connectivity index (χ1n) is 9.59. The van der Waals surface area contributed by atoms with Gasteiger partial charge in [-0.15, -0.1) is 0 Å². The molecule has 3 aliphatic heterocycles. The molecule has 0 aliphatic carbocycles. The number of benzene rings is 2. The van der Waals surface area contributed by atoms with Crippen LogP contribution in [0.4, 0.5) is 0 Å². The van der Waals surface area contributed by atoms with Crippen LogP contribution in [0.2, 0.25) is 0 Å². The molecule has 5 nitrogen and oxygen atoms in total. The molecule has 0 spiro atoms. The monoisotopic (exact) mass is 380 g/mol. The minimum absolute atomic E-state index is 0.214. The maximum absolute atomic E-state index is 11.3. The lowest BCUT2D eigenvalue weighted by Gasteiger charge is -2.42. The van der Waals surface area contributed by atoms with Crippen LogP contribution in [0.25, 0.3) is 6.08 Å². The predicted molar refractivity (Wildman–Crippen MR) is 106 cm³/mol. The summed E-state index contributed by atoms with van der Waals surface area (Å²) < 4.78 is 23.9. The Hall–Kier alpha value is -2.66. The minimum atomic E-state index is -0.697. The SMILES string of the molecule is COc1cc2c(cc1C)OC[C@H]1Oc3c(ccc4c3C=CC(C)(C)O4)[C@@H](O)[C@@H]21. The van der Waals surface area contributed by atoms with Crippen molar-refractivity contribution in [1.82, 2.24) is 0 Å². The minimum Gasteiger partial charge on any atom is -0.496 e. The summed E-state index contributed by atoms with van der Waals surface area (Å²) in [5.41, 5.74) is 3.22. The molecule has 0 bridgehead atoms. The molecule has 5 heteroatoms. The predicted octanol–water partition coefficient (Wildman–Crippen LogP) is 4.16. The first kappa shape index (κ1) is 17.4. The Bertz CT molecular complexity index is 991. The van der Waals surface area contributed by atoms with E-state index in [-0.39, 0.29) is 17.6 Å². The molecule has 2 aromatic carbocycles. The lowest BCUT2D eigenvalue weighted by atomic mass is 9.79. The van der Waals surface area contributed by atoms with Crippen LogP contribution in [0.15, 0.2) is 30.3 Å². The molecule has 0 radical (unpaired) electrons. The van der Waals surface area contributed by atoms with E-state index in [1.165, 1.54) is 0 Å². The topological polar surface area (TPSA) is 57.2 Å². The highest BCUT2D eigenvalue weighted by atomic mass is 16.5. The van der Waals surface area contributed by atoms with Crippen molar-refractivity contribution in [2.75, 3.05) is 13.7 Å². The third-order valence-corrected chi connectivity index (χ3v) is 5.83. The van der Waals surface area contributed by atoms with Crippen LogP contribution >= 0.6 is 0 Å². The molecule has 3 atom stereocenters. The second-order valence-corrected chi connectivity index (χ2v) is 8.23. The summed E-state index contributed by atoms with van der Waals surface area (Å²) in [5, 5.41) is 11.3. The Balaban J connectivity index is 1.61. The van der Waals surface area contributed by atoms with E-state index in [0.29, 0.717) is 12.4 Å². The first-order chi connectivity index (χ1) is 13.4. The summed E-state index contributed by atoms with van der Waals surface area (Å²) in [5.74, 6) is 2.81. The smallest absolute Gasteiger partial charge is 0.142 e. The number of hydrogen-bond acceptors (Lipinski definition) is 5. The number of aryl methyl sites for hydroxylation is 1. The van der Waals surface area contributed by atoms with Crippen molar-refractivity contribution in [3.8, 4) is 23.0 Å². The van der Waals surface area contributed by atoms with Gasteiger partial charge in [0.15, 0.2) is 0 Å². The molecule has 146 valence electrons. The second kappa shape index (κ2) is 5.92. The zero-order valence-corrected chi connectivity index (χ0v) is 16.5. The summed E-state index contributed by atoms with van der Waals surface area (Å²) in [6.07, 6.45) is 3.06. The van der Waals surface area contributed by atoms with Crippen molar-refractivity contribution in [3.05, 3.63) is 52.6 Å². The molecular formula is C23H24O5. The van der Waals surface area contributed by atoms with Gasteiger partial charge in [-0.3, -0.25) is 0 Å². The number of fused-ring (bicyclic) bond motifs is 6. The largest absolute Gasteiger partial charge is 0.496 e. The van der Waals surface area contributed by atoms with Crippen molar-refractivity contribution in [1.29, 1.82) is 0 Å². The van der Waals surface area contributed by atoms with E-state index in [2.05, 4.69) is 0 Å². The van der Waals surface area contributed by atoms with Gasteiger partial charge >= 0.3 is 0 Å². The van der Waals surface area contributed by atoms with Gasteiger partial charge in [0.1, 0.15) is 41.3 Å². The average Bonchev–Trinajstić information content (AvgIpc) is 2.66. The fourth-order valence-electron chi connectivity index (χ4n) is 4.40. The van der Waals surface area contributed by atoms with Gasteiger partial charge in [-0.1, -0.05) is 0 Å². The van der Waals surface area contributed by atoms with Gasteiger partial charge in [-0.2, -0.15) is 0 Å². The number of methoxy groups -OCH3 is 1. The molecule has 0 amide bonds. The van der Waals surface area contributed by atoms with Crippen molar-refractivity contribution < 1.29 is 24.1 Å². The van der Waals surface area contributed by atoms with Gasteiger partial charge in [0.2, 0.25) is 0 Å². The summed E-state index contributed by atoms with van der Waals surface area (Å²) in [6, 6.07) is 7.76. The zero-order chi connectivity index (χ0) is 19.6. The van der Waals surface area contributed by atoms with E-state index in [9.17, 15) is 5.11 Å². The molecule has 3 aliphatic rings. The van der Waals surface area contributed by atoms with Crippen LogP contribution in [0.1, 0.15) is 48.1 Å². The van der Waals surface area contributed by atoms with Crippen LogP contribution in [-0.2, 0) is 0 Å². The maximum atomic E-state index is 11.3. The fraction of sp³-hybridized carbons (Fsp3) is 0.391. The van der Waals surface area contributed by atoms with Crippen molar-refractivity contribution in [3.63, 3.8) is 0 Å². The van der Waals surface area contributed by atoms with E-state index in [4.69, 9.17) is 18.9 Å². The summed E-state index contributed by atoms with van der Waals surface area (Å²) in [7, 11) is 1.65. The highest BCUT2D eigenvalue weighted by Crippen LogP contribution is 2.52. The quantitative estimate of drug-likeness (QED) is 0.805. The van der Waals surface area contributed by atoms with E-state index in [1.54, 1.807) is 7.11 Å². The van der Waals surface area contributed by atoms with E-state index < -0.39 is 6.10 Å². The molecule has 3 heterocycles. The molecule has 1 N–H and O–H groups in total. The van der Waals surface area contributed by atoms with Gasteiger partial charge in [0.05, 0.1) is 24.7 Å². The molecule has 2 aromatic rings. The first-order valence-corrected chi connectivity index (χ1v) is 9.59. The van der Waals surface area contributed by atoms with Crippen LogP contribution in [0.3, 0.4) is 0 Å². The normalized spacial score (nSPS) is 25.8. The zero-order valence-electron chi connectivity index (χ0n) is 16.5. The molecule has 0 saturated carbocycles. The molecule has 0 fully saturated rings. The number of aliphatic hydroxyl groups excluding tert-OH is 1. The number of hydrogen-bond donors (Lipinski definition) is 1. The van der Waals surface area contributed by atoms with Crippen LogP contribution < -0.4 is 18.9 Å².